The zero-order valence-corrected chi connectivity index (χ0v) is 12.2. The van der Waals surface area contributed by atoms with Gasteiger partial charge in [0.15, 0.2) is 0 Å². The van der Waals surface area contributed by atoms with Crippen LogP contribution in [0.25, 0.3) is 0 Å². The second kappa shape index (κ2) is 6.62. The van der Waals surface area contributed by atoms with E-state index in [9.17, 15) is 10.2 Å². The molecule has 0 aliphatic carbocycles. The molecule has 114 valence electrons. The molecule has 0 bridgehead atoms. The zero-order valence-electron chi connectivity index (χ0n) is 12.2. The standard InChI is InChI=1S/C18H15N3O2/c22-16-10-11-17(18(23)12-16)21-20-15-8-6-14(7-9-15)19-13-4-2-1-3-5-13/h1-12,19,22-23H. The average Bonchev–Trinajstić information content (AvgIpc) is 2.56. The second-order valence-corrected chi connectivity index (χ2v) is 4.91. The maximum Gasteiger partial charge on any atom is 0.146 e. The van der Waals surface area contributed by atoms with Crippen LogP contribution in [0.5, 0.6) is 11.5 Å². The normalized spacial score (nSPS) is 10.8. The highest BCUT2D eigenvalue weighted by atomic mass is 16.3. The highest BCUT2D eigenvalue weighted by molar-refractivity contribution is 5.61. The summed E-state index contributed by atoms with van der Waals surface area (Å²) in [5.74, 6) is -0.131. The summed E-state index contributed by atoms with van der Waals surface area (Å²) >= 11 is 0. The molecule has 0 aliphatic heterocycles. The number of rotatable bonds is 4. The summed E-state index contributed by atoms with van der Waals surface area (Å²) in [4.78, 5) is 0. The van der Waals surface area contributed by atoms with E-state index in [1.807, 2.05) is 54.6 Å². The lowest BCUT2D eigenvalue weighted by Crippen LogP contribution is -1.88. The van der Waals surface area contributed by atoms with E-state index < -0.39 is 0 Å². The molecule has 0 unspecified atom stereocenters. The third-order valence-electron chi connectivity index (χ3n) is 3.16. The summed E-state index contributed by atoms with van der Waals surface area (Å²) in [5.41, 5.74) is 2.92. The quantitative estimate of drug-likeness (QED) is 0.575. The predicted molar refractivity (Wildman–Crippen MR) is 90.1 cm³/mol. The average molecular weight is 305 g/mol. The van der Waals surface area contributed by atoms with Gasteiger partial charge in [-0.15, -0.1) is 5.11 Å². The molecule has 3 aromatic rings. The molecule has 5 heteroatoms. The number of nitrogens with zero attached hydrogens (tertiary/aromatic N) is 2. The Labute approximate surface area is 133 Å². The van der Waals surface area contributed by atoms with Crippen LogP contribution in [-0.2, 0) is 0 Å². The number of hydrogen-bond donors (Lipinski definition) is 3. The summed E-state index contributed by atoms with van der Waals surface area (Å²) in [6.07, 6.45) is 0. The third-order valence-corrected chi connectivity index (χ3v) is 3.16. The van der Waals surface area contributed by atoms with Crippen LogP contribution < -0.4 is 5.32 Å². The van der Waals surface area contributed by atoms with E-state index in [1.54, 1.807) is 0 Å². The topological polar surface area (TPSA) is 77.2 Å². The van der Waals surface area contributed by atoms with Crippen molar-refractivity contribution in [3.63, 3.8) is 0 Å². The van der Waals surface area contributed by atoms with Gasteiger partial charge in [-0.2, -0.15) is 5.11 Å². The first-order chi connectivity index (χ1) is 11.2. The Kier molecular flexibility index (Phi) is 4.20. The molecule has 0 radical (unpaired) electrons. The SMILES string of the molecule is Oc1ccc(N=Nc2ccc(Nc3ccccc3)cc2)c(O)c1. The smallest absolute Gasteiger partial charge is 0.146 e. The van der Waals surface area contributed by atoms with Crippen molar-refractivity contribution in [3.8, 4) is 11.5 Å². The fraction of sp³-hybridized carbons (Fsp3) is 0. The van der Waals surface area contributed by atoms with Gasteiger partial charge in [-0.1, -0.05) is 18.2 Å². The van der Waals surface area contributed by atoms with Gasteiger partial charge in [0.05, 0.1) is 5.69 Å². The molecule has 3 N–H and O–H groups in total. The highest BCUT2D eigenvalue weighted by Crippen LogP contribution is 2.31. The van der Waals surface area contributed by atoms with Crippen LogP contribution in [-0.4, -0.2) is 10.2 Å². The van der Waals surface area contributed by atoms with Crippen molar-refractivity contribution in [1.82, 2.24) is 0 Å². The molecule has 0 amide bonds. The van der Waals surface area contributed by atoms with Crippen LogP contribution >= 0.6 is 0 Å². The van der Waals surface area contributed by atoms with Crippen molar-refractivity contribution < 1.29 is 10.2 Å². The number of phenolic OH excluding ortho intramolecular Hbond substituents is 2. The van der Waals surface area contributed by atoms with Crippen LogP contribution in [0.2, 0.25) is 0 Å². The van der Waals surface area contributed by atoms with Gasteiger partial charge >= 0.3 is 0 Å². The Morgan fingerprint density at radius 2 is 1.39 bits per heavy atom. The van der Waals surface area contributed by atoms with Crippen molar-refractivity contribution in [3.05, 3.63) is 72.8 Å². The van der Waals surface area contributed by atoms with Crippen LogP contribution in [0.4, 0.5) is 22.7 Å². The second-order valence-electron chi connectivity index (χ2n) is 4.91. The molecule has 3 aromatic carbocycles. The lowest BCUT2D eigenvalue weighted by atomic mass is 10.2. The van der Waals surface area contributed by atoms with E-state index in [1.165, 1.54) is 18.2 Å². The molecule has 5 nitrogen and oxygen atoms in total. The van der Waals surface area contributed by atoms with Gasteiger partial charge < -0.3 is 15.5 Å². The predicted octanol–water partition coefficient (Wildman–Crippen LogP) is 5.26. The maximum atomic E-state index is 9.65. The Bertz CT molecular complexity index is 815. The Morgan fingerprint density at radius 1 is 0.696 bits per heavy atom. The van der Waals surface area contributed by atoms with E-state index in [-0.39, 0.29) is 11.5 Å². The minimum atomic E-state index is -0.115. The summed E-state index contributed by atoms with van der Waals surface area (Å²) < 4.78 is 0. The van der Waals surface area contributed by atoms with E-state index in [4.69, 9.17) is 0 Å². The summed E-state index contributed by atoms with van der Waals surface area (Å²) in [6.45, 7) is 0. The number of phenols is 2. The van der Waals surface area contributed by atoms with Crippen LogP contribution in [0, 0.1) is 0 Å². The minimum absolute atomic E-state index is 0.0159. The van der Waals surface area contributed by atoms with Crippen LogP contribution in [0.3, 0.4) is 0 Å². The Hall–Kier alpha value is -3.34. The molecule has 0 fully saturated rings. The number of para-hydroxylation sites is 1. The van der Waals surface area contributed by atoms with E-state index in [2.05, 4.69) is 15.5 Å². The molecule has 23 heavy (non-hydrogen) atoms. The van der Waals surface area contributed by atoms with Crippen LogP contribution in [0.15, 0.2) is 83.0 Å². The monoisotopic (exact) mass is 305 g/mol. The Morgan fingerprint density at radius 3 is 2.09 bits per heavy atom. The third kappa shape index (κ3) is 3.85. The van der Waals surface area contributed by atoms with Crippen molar-refractivity contribution in [2.45, 2.75) is 0 Å². The molecule has 0 aromatic heterocycles. The first kappa shape index (κ1) is 14.6. The molecular formula is C18H15N3O2. The van der Waals surface area contributed by atoms with Gasteiger partial charge in [-0.25, -0.2) is 0 Å². The van der Waals surface area contributed by atoms with Gasteiger partial charge in [0.1, 0.15) is 17.2 Å². The molecule has 0 aliphatic rings. The van der Waals surface area contributed by atoms with E-state index >= 15 is 0 Å². The van der Waals surface area contributed by atoms with Gasteiger partial charge in [0.25, 0.3) is 0 Å². The first-order valence-electron chi connectivity index (χ1n) is 7.06. The van der Waals surface area contributed by atoms with Crippen molar-refractivity contribution >= 4 is 22.7 Å². The van der Waals surface area contributed by atoms with Gasteiger partial charge in [0, 0.05) is 17.4 Å². The number of aromatic hydroxyl groups is 2. The molecular weight excluding hydrogens is 290 g/mol. The lowest BCUT2D eigenvalue weighted by molar-refractivity contribution is 0.451. The highest BCUT2D eigenvalue weighted by Gasteiger charge is 2.01. The van der Waals surface area contributed by atoms with Crippen molar-refractivity contribution in [2.24, 2.45) is 10.2 Å². The fourth-order valence-corrected chi connectivity index (χ4v) is 2.01. The van der Waals surface area contributed by atoms with Gasteiger partial charge in [0.2, 0.25) is 0 Å². The van der Waals surface area contributed by atoms with Gasteiger partial charge in [-0.3, -0.25) is 0 Å². The van der Waals surface area contributed by atoms with Crippen molar-refractivity contribution in [1.29, 1.82) is 0 Å². The largest absolute Gasteiger partial charge is 0.508 e. The van der Waals surface area contributed by atoms with E-state index in [0.717, 1.165) is 11.4 Å². The summed E-state index contributed by atoms with van der Waals surface area (Å²) in [6, 6.07) is 21.5. The van der Waals surface area contributed by atoms with Crippen molar-refractivity contribution in [2.75, 3.05) is 5.32 Å². The molecule has 3 rings (SSSR count). The summed E-state index contributed by atoms with van der Waals surface area (Å²) in [7, 11) is 0. The number of benzene rings is 3. The minimum Gasteiger partial charge on any atom is -0.508 e. The molecule has 0 heterocycles. The zero-order chi connectivity index (χ0) is 16.1. The molecule has 0 saturated carbocycles. The molecule has 0 saturated heterocycles. The molecule has 0 atom stereocenters. The molecule has 0 spiro atoms. The number of hydrogen-bond acceptors (Lipinski definition) is 5. The Balaban J connectivity index is 1.71. The van der Waals surface area contributed by atoms with E-state index in [0.29, 0.717) is 11.4 Å². The number of anilines is 2. The van der Waals surface area contributed by atoms with Gasteiger partial charge in [-0.05, 0) is 48.5 Å². The summed E-state index contributed by atoms with van der Waals surface area (Å²) in [5, 5.41) is 30.2. The van der Waals surface area contributed by atoms with Crippen LogP contribution in [0.1, 0.15) is 0 Å². The fourth-order valence-electron chi connectivity index (χ4n) is 2.01. The first-order valence-corrected chi connectivity index (χ1v) is 7.06. The number of azo groups is 1. The maximum absolute atomic E-state index is 9.65. The lowest BCUT2D eigenvalue weighted by Gasteiger charge is -2.05. The number of nitrogens with one attached hydrogen (secondary N) is 1.